The van der Waals surface area contributed by atoms with Crippen LogP contribution in [0.15, 0.2) is 24.3 Å². The average molecular weight is 277 g/mol. The van der Waals surface area contributed by atoms with Crippen LogP contribution in [0.25, 0.3) is 0 Å². The molecule has 0 saturated carbocycles. The average Bonchev–Trinajstić information content (AvgIpc) is 2.35. The van der Waals surface area contributed by atoms with Crippen LogP contribution >= 0.6 is 0 Å². The van der Waals surface area contributed by atoms with Gasteiger partial charge in [-0.2, -0.15) is 13.2 Å². The van der Waals surface area contributed by atoms with Crippen molar-refractivity contribution in [3.63, 3.8) is 0 Å². The summed E-state index contributed by atoms with van der Waals surface area (Å²) < 4.78 is 43.2. The highest BCUT2D eigenvalue weighted by atomic mass is 19.4. The van der Waals surface area contributed by atoms with Gasteiger partial charge in [0.15, 0.2) is 0 Å². The summed E-state index contributed by atoms with van der Waals surface area (Å²) in [6.45, 7) is 1.94. The molecule has 3 nitrogen and oxygen atoms in total. The lowest BCUT2D eigenvalue weighted by molar-refractivity contribution is -0.138. The number of rotatable bonds is 6. The van der Waals surface area contributed by atoms with Crippen LogP contribution < -0.4 is 5.32 Å². The Morgan fingerprint density at radius 3 is 2.53 bits per heavy atom. The molecule has 19 heavy (non-hydrogen) atoms. The van der Waals surface area contributed by atoms with Gasteiger partial charge in [0.25, 0.3) is 0 Å². The minimum Gasteiger partial charge on any atom is -0.389 e. The molecule has 108 valence electrons. The molecule has 1 aromatic rings. The molecule has 0 aromatic heterocycles. The fraction of sp³-hybridized carbons (Fsp3) is 0.538. The standard InChI is InChI=1S/C13H18F3NO2/c1-9(17-7-10(18)8-19-2)11-5-3-4-6-12(11)13(14,15)16/h3-6,9-10,17-18H,7-8H2,1-2H3. The summed E-state index contributed by atoms with van der Waals surface area (Å²) in [4.78, 5) is 0. The zero-order valence-corrected chi connectivity index (χ0v) is 10.9. The molecule has 1 aromatic carbocycles. The monoisotopic (exact) mass is 277 g/mol. The molecular formula is C13H18F3NO2. The molecule has 2 N–H and O–H groups in total. The Labute approximate surface area is 110 Å². The minimum atomic E-state index is -4.38. The normalized spacial score (nSPS) is 15.3. The van der Waals surface area contributed by atoms with Crippen LogP contribution in [0.2, 0.25) is 0 Å². The summed E-state index contributed by atoms with van der Waals surface area (Å²) in [5.74, 6) is 0. The van der Waals surface area contributed by atoms with E-state index >= 15 is 0 Å². The predicted octanol–water partition coefficient (Wildman–Crippen LogP) is 2.36. The molecule has 0 aliphatic rings. The largest absolute Gasteiger partial charge is 0.416 e. The number of alkyl halides is 3. The molecule has 2 unspecified atom stereocenters. The van der Waals surface area contributed by atoms with Crippen LogP contribution in [0.1, 0.15) is 24.1 Å². The smallest absolute Gasteiger partial charge is 0.389 e. The summed E-state index contributed by atoms with van der Waals surface area (Å²) in [5, 5.41) is 12.3. The van der Waals surface area contributed by atoms with Crippen LogP contribution in [-0.4, -0.2) is 31.5 Å². The van der Waals surface area contributed by atoms with Crippen LogP contribution in [0.5, 0.6) is 0 Å². The topological polar surface area (TPSA) is 41.5 Å². The summed E-state index contributed by atoms with van der Waals surface area (Å²) in [7, 11) is 1.45. The first-order valence-corrected chi connectivity index (χ1v) is 5.92. The van der Waals surface area contributed by atoms with Gasteiger partial charge in [0.1, 0.15) is 0 Å². The highest BCUT2D eigenvalue weighted by Gasteiger charge is 2.34. The molecule has 2 atom stereocenters. The molecule has 0 radical (unpaired) electrons. The molecule has 0 aliphatic heterocycles. The zero-order valence-electron chi connectivity index (χ0n) is 10.9. The van der Waals surface area contributed by atoms with Gasteiger partial charge in [0.05, 0.1) is 18.3 Å². The molecule has 0 saturated heterocycles. The van der Waals surface area contributed by atoms with Crippen molar-refractivity contribution in [1.29, 1.82) is 0 Å². The van der Waals surface area contributed by atoms with Crippen LogP contribution in [0.3, 0.4) is 0 Å². The fourth-order valence-corrected chi connectivity index (χ4v) is 1.81. The lowest BCUT2D eigenvalue weighted by Gasteiger charge is -2.20. The van der Waals surface area contributed by atoms with Gasteiger partial charge in [-0.15, -0.1) is 0 Å². The van der Waals surface area contributed by atoms with Crippen molar-refractivity contribution in [3.05, 3.63) is 35.4 Å². The van der Waals surface area contributed by atoms with E-state index in [9.17, 15) is 18.3 Å². The molecule has 0 fully saturated rings. The van der Waals surface area contributed by atoms with Crippen molar-refractivity contribution < 1.29 is 23.0 Å². The molecule has 0 bridgehead atoms. The Bertz CT molecular complexity index is 396. The van der Waals surface area contributed by atoms with Crippen molar-refractivity contribution in [2.45, 2.75) is 25.2 Å². The third-order valence-corrected chi connectivity index (χ3v) is 2.75. The Kier molecular flexibility index (Phi) is 5.78. The van der Waals surface area contributed by atoms with E-state index in [1.54, 1.807) is 13.0 Å². The predicted molar refractivity (Wildman–Crippen MR) is 65.7 cm³/mol. The number of nitrogens with one attached hydrogen (secondary N) is 1. The van der Waals surface area contributed by atoms with Gasteiger partial charge in [0, 0.05) is 19.7 Å². The first-order valence-electron chi connectivity index (χ1n) is 5.92. The maximum Gasteiger partial charge on any atom is 0.416 e. The van der Waals surface area contributed by atoms with Gasteiger partial charge < -0.3 is 15.2 Å². The van der Waals surface area contributed by atoms with Gasteiger partial charge in [0.2, 0.25) is 0 Å². The highest BCUT2D eigenvalue weighted by Crippen LogP contribution is 2.34. The second-order valence-electron chi connectivity index (χ2n) is 4.32. The molecular weight excluding hydrogens is 259 g/mol. The number of hydrogen-bond donors (Lipinski definition) is 2. The summed E-state index contributed by atoms with van der Waals surface area (Å²) in [6, 6.07) is 4.90. The van der Waals surface area contributed by atoms with E-state index in [2.05, 4.69) is 5.32 Å². The van der Waals surface area contributed by atoms with Gasteiger partial charge in [-0.05, 0) is 18.6 Å². The Hall–Kier alpha value is -1.11. The van der Waals surface area contributed by atoms with Gasteiger partial charge >= 0.3 is 6.18 Å². The van der Waals surface area contributed by atoms with Gasteiger partial charge in [-0.25, -0.2) is 0 Å². The van der Waals surface area contributed by atoms with Crippen molar-refractivity contribution in [2.75, 3.05) is 20.3 Å². The quantitative estimate of drug-likeness (QED) is 0.838. The van der Waals surface area contributed by atoms with Crippen LogP contribution in [0, 0.1) is 0 Å². The second kappa shape index (κ2) is 6.88. The lowest BCUT2D eigenvalue weighted by Crippen LogP contribution is -2.32. The van der Waals surface area contributed by atoms with Crippen LogP contribution in [0.4, 0.5) is 13.2 Å². The minimum absolute atomic E-state index is 0.140. The van der Waals surface area contributed by atoms with Crippen molar-refractivity contribution in [1.82, 2.24) is 5.32 Å². The first-order chi connectivity index (χ1) is 8.86. The SMILES string of the molecule is COCC(O)CNC(C)c1ccccc1C(F)(F)F. The molecule has 0 aliphatic carbocycles. The number of benzene rings is 1. The first kappa shape index (κ1) is 15.9. The highest BCUT2D eigenvalue weighted by molar-refractivity contribution is 5.32. The molecule has 0 amide bonds. The van der Waals surface area contributed by atoms with E-state index in [4.69, 9.17) is 4.74 Å². The zero-order chi connectivity index (χ0) is 14.5. The van der Waals surface area contributed by atoms with Gasteiger partial charge in [-0.3, -0.25) is 0 Å². The number of halogens is 3. The number of methoxy groups -OCH3 is 1. The van der Waals surface area contributed by atoms with E-state index in [0.29, 0.717) is 0 Å². The second-order valence-corrected chi connectivity index (χ2v) is 4.32. The number of hydrogen-bond acceptors (Lipinski definition) is 3. The third kappa shape index (κ3) is 4.81. The van der Waals surface area contributed by atoms with Crippen molar-refractivity contribution >= 4 is 0 Å². The van der Waals surface area contributed by atoms with Gasteiger partial charge in [-0.1, -0.05) is 18.2 Å². The van der Waals surface area contributed by atoms with E-state index < -0.39 is 23.9 Å². The Morgan fingerprint density at radius 2 is 1.95 bits per heavy atom. The van der Waals surface area contributed by atoms with Crippen molar-refractivity contribution in [3.8, 4) is 0 Å². The summed E-state index contributed by atoms with van der Waals surface area (Å²) in [6.07, 6.45) is -5.12. The fourth-order valence-electron chi connectivity index (χ4n) is 1.81. The summed E-state index contributed by atoms with van der Waals surface area (Å²) >= 11 is 0. The van der Waals surface area contributed by atoms with E-state index in [1.807, 2.05) is 0 Å². The Balaban J connectivity index is 2.74. The van der Waals surface area contributed by atoms with Crippen LogP contribution in [-0.2, 0) is 10.9 Å². The number of ether oxygens (including phenoxy) is 1. The Morgan fingerprint density at radius 1 is 1.32 bits per heavy atom. The maximum atomic E-state index is 12.8. The van der Waals surface area contributed by atoms with E-state index in [0.717, 1.165) is 6.07 Å². The molecule has 0 heterocycles. The molecule has 1 rings (SSSR count). The third-order valence-electron chi connectivity index (χ3n) is 2.75. The van der Waals surface area contributed by atoms with Crippen molar-refractivity contribution in [2.24, 2.45) is 0 Å². The molecule has 6 heteroatoms. The number of aliphatic hydroxyl groups is 1. The lowest BCUT2D eigenvalue weighted by atomic mass is 10.0. The summed E-state index contributed by atoms with van der Waals surface area (Å²) in [5.41, 5.74) is -0.490. The van der Waals surface area contributed by atoms with E-state index in [-0.39, 0.29) is 18.7 Å². The van der Waals surface area contributed by atoms with E-state index in [1.165, 1.54) is 19.2 Å². The maximum absolute atomic E-state index is 12.8. The number of aliphatic hydroxyl groups excluding tert-OH is 1. The molecule has 0 spiro atoms.